The van der Waals surface area contributed by atoms with Gasteiger partial charge in [0.15, 0.2) is 5.76 Å². The number of anilines is 1. The van der Waals surface area contributed by atoms with Gasteiger partial charge < -0.3 is 9.64 Å². The van der Waals surface area contributed by atoms with Gasteiger partial charge in [0.1, 0.15) is 0 Å². The van der Waals surface area contributed by atoms with Crippen LogP contribution in [0.2, 0.25) is 0 Å². The lowest BCUT2D eigenvalue weighted by Crippen LogP contribution is -2.43. The number of hydrogen-bond donors (Lipinski definition) is 0. The summed E-state index contributed by atoms with van der Waals surface area (Å²) in [6.07, 6.45) is 14.4. The molecule has 5 nitrogen and oxygen atoms in total. The Labute approximate surface area is 212 Å². The molecule has 0 aromatic heterocycles. The zero-order valence-electron chi connectivity index (χ0n) is 22.3. The van der Waals surface area contributed by atoms with Crippen LogP contribution in [0.3, 0.4) is 0 Å². The molecule has 192 valence electrons. The SMILES string of the molecule is CCN(CC)c1ccc(/C=C2/OC(=NC(C)C3CCCCC3)N(C(C)C3CCCCC3)C2=O)cc1. The maximum Gasteiger partial charge on any atom is 0.300 e. The molecule has 2 atom stereocenters. The summed E-state index contributed by atoms with van der Waals surface area (Å²) in [7, 11) is 0. The smallest absolute Gasteiger partial charge is 0.300 e. The van der Waals surface area contributed by atoms with Crippen molar-refractivity contribution in [1.29, 1.82) is 0 Å². The van der Waals surface area contributed by atoms with Gasteiger partial charge in [-0.05, 0) is 89.0 Å². The molecule has 2 unspecified atom stereocenters. The van der Waals surface area contributed by atoms with Gasteiger partial charge in [-0.15, -0.1) is 0 Å². The van der Waals surface area contributed by atoms with Crippen molar-refractivity contribution in [1.82, 2.24) is 4.90 Å². The van der Waals surface area contributed by atoms with E-state index in [4.69, 9.17) is 9.73 Å². The van der Waals surface area contributed by atoms with E-state index in [1.54, 1.807) is 0 Å². The van der Waals surface area contributed by atoms with Crippen LogP contribution in [0.25, 0.3) is 6.08 Å². The molecule has 1 aromatic rings. The molecular weight excluding hydrogens is 434 g/mol. The minimum atomic E-state index is -0.0366. The first-order valence-corrected chi connectivity index (χ1v) is 14.2. The van der Waals surface area contributed by atoms with Gasteiger partial charge in [-0.3, -0.25) is 9.69 Å². The van der Waals surface area contributed by atoms with Gasteiger partial charge in [-0.25, -0.2) is 4.99 Å². The van der Waals surface area contributed by atoms with Crippen molar-refractivity contribution in [2.45, 2.75) is 104 Å². The maximum absolute atomic E-state index is 13.7. The summed E-state index contributed by atoms with van der Waals surface area (Å²) in [6.45, 7) is 10.7. The molecule has 5 heteroatoms. The van der Waals surface area contributed by atoms with Crippen LogP contribution < -0.4 is 4.90 Å². The summed E-state index contributed by atoms with van der Waals surface area (Å²) in [6, 6.07) is 9.21. The molecule has 0 radical (unpaired) electrons. The first-order chi connectivity index (χ1) is 17.0. The second-order valence-corrected chi connectivity index (χ2v) is 10.7. The van der Waals surface area contributed by atoms with E-state index in [1.807, 2.05) is 11.0 Å². The minimum Gasteiger partial charge on any atom is -0.420 e. The number of amidine groups is 1. The molecule has 2 saturated carbocycles. The highest BCUT2D eigenvalue weighted by molar-refractivity contribution is 6.11. The average molecular weight is 480 g/mol. The van der Waals surface area contributed by atoms with Crippen molar-refractivity contribution in [3.63, 3.8) is 0 Å². The van der Waals surface area contributed by atoms with Crippen LogP contribution in [-0.2, 0) is 9.53 Å². The monoisotopic (exact) mass is 479 g/mol. The molecule has 1 heterocycles. The average Bonchev–Trinajstić information content (AvgIpc) is 3.20. The van der Waals surface area contributed by atoms with Gasteiger partial charge in [0.25, 0.3) is 5.91 Å². The molecular formula is C30H45N3O2. The van der Waals surface area contributed by atoms with Crippen LogP contribution in [-0.4, -0.2) is 42.0 Å². The van der Waals surface area contributed by atoms with Crippen LogP contribution in [0.15, 0.2) is 35.0 Å². The third kappa shape index (κ3) is 6.10. The fourth-order valence-electron chi connectivity index (χ4n) is 6.18. The van der Waals surface area contributed by atoms with E-state index in [-0.39, 0.29) is 18.0 Å². The number of nitrogens with zero attached hydrogens (tertiary/aromatic N) is 3. The molecule has 0 spiro atoms. The summed E-state index contributed by atoms with van der Waals surface area (Å²) in [4.78, 5) is 22.9. The zero-order chi connectivity index (χ0) is 24.8. The Bertz CT molecular complexity index is 891. The van der Waals surface area contributed by atoms with Gasteiger partial charge >= 0.3 is 6.02 Å². The number of hydrogen-bond acceptors (Lipinski definition) is 4. The quantitative estimate of drug-likeness (QED) is 0.376. The summed E-state index contributed by atoms with van der Waals surface area (Å²) in [5.74, 6) is 1.46. The third-order valence-corrected chi connectivity index (χ3v) is 8.54. The van der Waals surface area contributed by atoms with Crippen LogP contribution >= 0.6 is 0 Å². The maximum atomic E-state index is 13.7. The van der Waals surface area contributed by atoms with Crippen molar-refractivity contribution < 1.29 is 9.53 Å². The van der Waals surface area contributed by atoms with Gasteiger partial charge in [0.05, 0.1) is 6.04 Å². The normalized spacial score (nSPS) is 24.1. The van der Waals surface area contributed by atoms with E-state index >= 15 is 0 Å². The predicted molar refractivity (Wildman–Crippen MR) is 145 cm³/mol. The molecule has 35 heavy (non-hydrogen) atoms. The Morgan fingerprint density at radius 2 is 1.51 bits per heavy atom. The molecule has 0 bridgehead atoms. The molecule has 1 aromatic carbocycles. The van der Waals surface area contributed by atoms with E-state index in [0.29, 0.717) is 23.6 Å². The van der Waals surface area contributed by atoms with Gasteiger partial charge in [-0.2, -0.15) is 0 Å². The largest absolute Gasteiger partial charge is 0.420 e. The standard InChI is InChI=1S/C30H45N3O2/c1-5-32(6-2)27-19-17-24(18-20-27)21-28-29(34)33(23(4)26-15-11-8-12-16-26)30(35-28)31-22(3)25-13-9-7-10-14-25/h17-23,25-26H,5-16H2,1-4H3/b28-21+,31-30?. The molecule has 3 fully saturated rings. The summed E-state index contributed by atoms with van der Waals surface area (Å²) in [5, 5.41) is 0. The zero-order valence-corrected chi connectivity index (χ0v) is 22.3. The van der Waals surface area contributed by atoms with E-state index in [9.17, 15) is 4.79 Å². The Kier molecular flexibility index (Phi) is 8.91. The molecule has 4 rings (SSSR count). The highest BCUT2D eigenvalue weighted by atomic mass is 16.5. The van der Waals surface area contributed by atoms with Gasteiger partial charge in [-0.1, -0.05) is 50.7 Å². The van der Waals surface area contributed by atoms with Crippen LogP contribution in [0.4, 0.5) is 5.69 Å². The molecule has 2 aliphatic carbocycles. The number of rotatable bonds is 8. The Morgan fingerprint density at radius 3 is 2.09 bits per heavy atom. The van der Waals surface area contributed by atoms with Gasteiger partial charge in [0.2, 0.25) is 0 Å². The molecule has 0 N–H and O–H groups in total. The number of carbonyl (C=O) groups is 1. The molecule has 1 aliphatic heterocycles. The Morgan fingerprint density at radius 1 is 0.943 bits per heavy atom. The Balaban J connectivity index is 1.59. The fourth-order valence-corrected chi connectivity index (χ4v) is 6.18. The lowest BCUT2D eigenvalue weighted by Gasteiger charge is -2.33. The first-order valence-electron chi connectivity index (χ1n) is 14.2. The predicted octanol–water partition coefficient (Wildman–Crippen LogP) is 7.03. The lowest BCUT2D eigenvalue weighted by molar-refractivity contribution is -0.125. The molecule has 1 saturated heterocycles. The number of benzene rings is 1. The molecule has 3 aliphatic rings. The fraction of sp³-hybridized carbons (Fsp3) is 0.667. The number of amides is 1. The van der Waals surface area contributed by atoms with Crippen molar-refractivity contribution in [2.75, 3.05) is 18.0 Å². The highest BCUT2D eigenvalue weighted by Crippen LogP contribution is 2.34. The molecule has 1 amide bonds. The number of ether oxygens (including phenoxy) is 1. The number of aliphatic imine (C=N–C) groups is 1. The van der Waals surface area contributed by atoms with Crippen molar-refractivity contribution >= 4 is 23.7 Å². The summed E-state index contributed by atoms with van der Waals surface area (Å²) in [5.41, 5.74) is 2.18. The first kappa shape index (κ1) is 25.8. The highest BCUT2D eigenvalue weighted by Gasteiger charge is 2.41. The van der Waals surface area contributed by atoms with Crippen molar-refractivity contribution in [3.8, 4) is 0 Å². The second-order valence-electron chi connectivity index (χ2n) is 10.7. The summed E-state index contributed by atoms with van der Waals surface area (Å²) < 4.78 is 6.26. The third-order valence-electron chi connectivity index (χ3n) is 8.54. The Hall–Kier alpha value is -2.30. The van der Waals surface area contributed by atoms with Crippen molar-refractivity contribution in [3.05, 3.63) is 35.6 Å². The van der Waals surface area contributed by atoms with Crippen LogP contribution in [0.5, 0.6) is 0 Å². The van der Waals surface area contributed by atoms with Crippen molar-refractivity contribution in [2.24, 2.45) is 16.8 Å². The second kappa shape index (κ2) is 12.1. The van der Waals surface area contributed by atoms with E-state index in [2.05, 4.69) is 56.9 Å². The van der Waals surface area contributed by atoms with E-state index in [1.165, 1.54) is 69.9 Å². The lowest BCUT2D eigenvalue weighted by atomic mass is 9.84. The van der Waals surface area contributed by atoms with Crippen LogP contribution in [0.1, 0.15) is 97.5 Å². The van der Waals surface area contributed by atoms with E-state index < -0.39 is 0 Å². The number of carbonyl (C=O) groups excluding carboxylic acids is 1. The summed E-state index contributed by atoms with van der Waals surface area (Å²) >= 11 is 0. The van der Waals surface area contributed by atoms with Gasteiger partial charge in [0, 0.05) is 24.8 Å². The van der Waals surface area contributed by atoms with E-state index in [0.717, 1.165) is 18.7 Å². The topological polar surface area (TPSA) is 45.1 Å². The van der Waals surface area contributed by atoms with Crippen LogP contribution in [0, 0.1) is 11.8 Å². The minimum absolute atomic E-state index is 0.0366.